The number of amides is 2. The highest BCUT2D eigenvalue weighted by Crippen LogP contribution is 2.26. The molecule has 0 aliphatic carbocycles. The van der Waals surface area contributed by atoms with Crippen molar-refractivity contribution in [1.82, 2.24) is 9.80 Å². The van der Waals surface area contributed by atoms with Crippen LogP contribution in [-0.4, -0.2) is 59.3 Å². The zero-order chi connectivity index (χ0) is 24.5. The van der Waals surface area contributed by atoms with Crippen LogP contribution in [0.3, 0.4) is 0 Å². The van der Waals surface area contributed by atoms with Gasteiger partial charge in [0.1, 0.15) is 5.70 Å². The van der Waals surface area contributed by atoms with Gasteiger partial charge in [0.25, 0.3) is 5.91 Å². The summed E-state index contributed by atoms with van der Waals surface area (Å²) < 4.78 is 0. The zero-order valence-corrected chi connectivity index (χ0v) is 20.9. The lowest BCUT2D eigenvalue weighted by atomic mass is 9.98. The number of aliphatic imine (C=N–C) groups is 1. The van der Waals surface area contributed by atoms with Gasteiger partial charge in [0.2, 0.25) is 5.91 Å². The van der Waals surface area contributed by atoms with Crippen LogP contribution >= 0.6 is 0 Å². The maximum absolute atomic E-state index is 13.0. The summed E-state index contributed by atoms with van der Waals surface area (Å²) in [4.78, 5) is 46.0. The molecular weight excluding hydrogens is 414 g/mol. The van der Waals surface area contributed by atoms with E-state index in [4.69, 9.17) is 0 Å². The first-order chi connectivity index (χ1) is 15.7. The monoisotopic (exact) mass is 453 g/mol. The molecule has 33 heavy (non-hydrogen) atoms. The summed E-state index contributed by atoms with van der Waals surface area (Å²) in [5, 5.41) is 0. The van der Waals surface area contributed by atoms with Gasteiger partial charge in [-0.3, -0.25) is 19.4 Å². The molecule has 1 aliphatic heterocycles. The molecule has 2 atom stereocenters. The average molecular weight is 454 g/mol. The first kappa shape index (κ1) is 26.5. The summed E-state index contributed by atoms with van der Waals surface area (Å²) >= 11 is 0. The van der Waals surface area contributed by atoms with E-state index in [2.05, 4.69) is 11.6 Å². The summed E-state index contributed by atoms with van der Waals surface area (Å²) in [6.45, 7) is 15.4. The van der Waals surface area contributed by atoms with E-state index in [0.29, 0.717) is 31.6 Å². The fraction of sp³-hybridized carbons (Fsp3) is 0.556. The van der Waals surface area contributed by atoms with E-state index in [-0.39, 0.29) is 29.2 Å². The molecule has 1 heterocycles. The normalized spacial score (nSPS) is 16.9. The molecule has 6 heteroatoms. The molecule has 6 nitrogen and oxygen atoms in total. The average Bonchev–Trinajstić information content (AvgIpc) is 3.15. The Morgan fingerprint density at radius 1 is 1.27 bits per heavy atom. The largest absolute Gasteiger partial charge is 0.337 e. The van der Waals surface area contributed by atoms with Crippen LogP contribution in [0, 0.1) is 19.8 Å². The summed E-state index contributed by atoms with van der Waals surface area (Å²) in [6.07, 6.45) is 5.43. The SMILES string of the molecule is C=C(N=CCC)C(=O)N(CCC)CCCC1CC(=O)N(C(C)C(=O)c2ccc(C)cc2C)C1. The maximum Gasteiger partial charge on any atom is 0.271 e. The number of Topliss-reactive ketones (excluding diaryl/α,β-unsaturated/α-hetero) is 1. The number of rotatable bonds is 12. The third-order valence-corrected chi connectivity index (χ3v) is 6.23. The standard InChI is InChI=1S/C27H39N3O3/c1-7-13-28-21(5)27(33)29(14-8-2)15-9-10-23-17-25(31)30(18-23)22(6)26(32)24-12-11-19(3)16-20(24)4/h11-13,16,22-23H,5,7-10,14-15,17-18H2,1-4,6H3. The van der Waals surface area contributed by atoms with Crippen molar-refractivity contribution in [1.29, 1.82) is 0 Å². The van der Waals surface area contributed by atoms with Crippen LogP contribution in [0.25, 0.3) is 0 Å². The van der Waals surface area contributed by atoms with Gasteiger partial charge in [0, 0.05) is 37.8 Å². The molecule has 1 fully saturated rings. The topological polar surface area (TPSA) is 70.1 Å². The second kappa shape index (κ2) is 12.5. The molecule has 0 aromatic heterocycles. The van der Waals surface area contributed by atoms with Crippen LogP contribution in [0.4, 0.5) is 0 Å². The highest BCUT2D eigenvalue weighted by molar-refractivity contribution is 6.03. The van der Waals surface area contributed by atoms with Crippen molar-refractivity contribution < 1.29 is 14.4 Å². The van der Waals surface area contributed by atoms with Crippen LogP contribution in [0.15, 0.2) is 35.5 Å². The Bertz CT molecular complexity index is 906. The Labute approximate surface area is 198 Å². The van der Waals surface area contributed by atoms with Crippen molar-refractivity contribution in [2.75, 3.05) is 19.6 Å². The number of carbonyl (C=O) groups excluding carboxylic acids is 3. The molecule has 1 saturated heterocycles. The van der Waals surface area contributed by atoms with Gasteiger partial charge < -0.3 is 9.80 Å². The fourth-order valence-electron chi connectivity index (χ4n) is 4.43. The van der Waals surface area contributed by atoms with Crippen LogP contribution in [0.5, 0.6) is 0 Å². The third-order valence-electron chi connectivity index (χ3n) is 6.23. The van der Waals surface area contributed by atoms with Gasteiger partial charge in [-0.25, -0.2) is 0 Å². The molecule has 1 aromatic rings. The Balaban J connectivity index is 1.92. The predicted octanol–water partition coefficient (Wildman–Crippen LogP) is 4.74. The van der Waals surface area contributed by atoms with E-state index in [0.717, 1.165) is 36.8 Å². The molecule has 2 amide bonds. The Hall–Kier alpha value is -2.76. The lowest BCUT2D eigenvalue weighted by Gasteiger charge is -2.25. The van der Waals surface area contributed by atoms with Gasteiger partial charge in [0.15, 0.2) is 5.78 Å². The fourth-order valence-corrected chi connectivity index (χ4v) is 4.43. The number of likely N-dealkylation sites (tertiary alicyclic amines) is 1. The maximum atomic E-state index is 13.0. The molecule has 0 radical (unpaired) electrons. The number of hydrogen-bond donors (Lipinski definition) is 0. The van der Waals surface area contributed by atoms with Crippen LogP contribution < -0.4 is 0 Å². The van der Waals surface area contributed by atoms with Gasteiger partial charge >= 0.3 is 0 Å². The van der Waals surface area contributed by atoms with Crippen molar-refractivity contribution in [3.63, 3.8) is 0 Å². The van der Waals surface area contributed by atoms with E-state index in [1.54, 1.807) is 16.0 Å². The van der Waals surface area contributed by atoms with Crippen LogP contribution in [-0.2, 0) is 9.59 Å². The lowest BCUT2D eigenvalue weighted by Crippen LogP contribution is -2.40. The molecule has 180 valence electrons. The van der Waals surface area contributed by atoms with E-state index in [1.807, 2.05) is 52.8 Å². The summed E-state index contributed by atoms with van der Waals surface area (Å²) in [5.41, 5.74) is 3.02. The number of hydrogen-bond acceptors (Lipinski definition) is 4. The van der Waals surface area contributed by atoms with Crippen molar-refractivity contribution in [3.05, 3.63) is 47.2 Å². The summed E-state index contributed by atoms with van der Waals surface area (Å²) in [7, 11) is 0. The number of benzene rings is 1. The molecule has 0 N–H and O–H groups in total. The first-order valence-corrected chi connectivity index (χ1v) is 12.1. The highest BCUT2D eigenvalue weighted by Gasteiger charge is 2.35. The first-order valence-electron chi connectivity index (χ1n) is 12.1. The van der Waals surface area contributed by atoms with Crippen molar-refractivity contribution >= 4 is 23.8 Å². The number of ketones is 1. The molecule has 0 saturated carbocycles. The minimum absolute atomic E-state index is 0.00707. The predicted molar refractivity (Wildman–Crippen MR) is 134 cm³/mol. The highest BCUT2D eigenvalue weighted by atomic mass is 16.2. The van der Waals surface area contributed by atoms with Crippen LogP contribution in [0.2, 0.25) is 0 Å². The Morgan fingerprint density at radius 3 is 2.64 bits per heavy atom. The number of nitrogens with zero attached hydrogens (tertiary/aromatic N) is 3. The number of aryl methyl sites for hydroxylation is 2. The van der Waals surface area contributed by atoms with Gasteiger partial charge in [-0.15, -0.1) is 0 Å². The van der Waals surface area contributed by atoms with Crippen LogP contribution in [0.1, 0.15) is 74.4 Å². The summed E-state index contributed by atoms with van der Waals surface area (Å²) in [5.74, 6) is 0.104. The molecule has 0 bridgehead atoms. The van der Waals surface area contributed by atoms with E-state index < -0.39 is 6.04 Å². The molecule has 1 aromatic carbocycles. The Kier molecular flexibility index (Phi) is 10.0. The van der Waals surface area contributed by atoms with Gasteiger partial charge in [-0.1, -0.05) is 44.2 Å². The zero-order valence-electron chi connectivity index (χ0n) is 20.9. The second-order valence-electron chi connectivity index (χ2n) is 9.08. The molecule has 0 spiro atoms. The van der Waals surface area contributed by atoms with E-state index >= 15 is 0 Å². The minimum Gasteiger partial charge on any atom is -0.337 e. The lowest BCUT2D eigenvalue weighted by molar-refractivity contribution is -0.129. The second-order valence-corrected chi connectivity index (χ2v) is 9.08. The van der Waals surface area contributed by atoms with E-state index in [1.165, 1.54) is 0 Å². The molecule has 2 rings (SSSR count). The minimum atomic E-state index is -0.471. The molecule has 2 unspecified atom stereocenters. The Morgan fingerprint density at radius 2 is 2.00 bits per heavy atom. The van der Waals surface area contributed by atoms with Crippen molar-refractivity contribution in [3.8, 4) is 0 Å². The van der Waals surface area contributed by atoms with Gasteiger partial charge in [-0.05, 0) is 57.9 Å². The summed E-state index contributed by atoms with van der Waals surface area (Å²) in [6, 6.07) is 5.33. The molecular formula is C27H39N3O3. The molecule has 1 aliphatic rings. The quantitative estimate of drug-likeness (QED) is 0.261. The van der Waals surface area contributed by atoms with Gasteiger partial charge in [-0.2, -0.15) is 0 Å². The van der Waals surface area contributed by atoms with Crippen molar-refractivity contribution in [2.24, 2.45) is 10.9 Å². The van der Waals surface area contributed by atoms with E-state index in [9.17, 15) is 14.4 Å². The van der Waals surface area contributed by atoms with Gasteiger partial charge in [0.05, 0.1) is 6.04 Å². The third kappa shape index (κ3) is 7.11. The smallest absolute Gasteiger partial charge is 0.271 e. The number of carbonyl (C=O) groups is 3. The van der Waals surface area contributed by atoms with Crippen molar-refractivity contribution in [2.45, 2.75) is 72.8 Å².